The number of halogens is 2. The van der Waals surface area contributed by atoms with E-state index < -0.39 is 12.1 Å². The van der Waals surface area contributed by atoms with Gasteiger partial charge in [0.25, 0.3) is 5.56 Å². The van der Waals surface area contributed by atoms with Gasteiger partial charge in [-0.2, -0.15) is 9.78 Å². The van der Waals surface area contributed by atoms with Crippen LogP contribution in [0.25, 0.3) is 10.9 Å². The second kappa shape index (κ2) is 10.1. The van der Waals surface area contributed by atoms with E-state index in [1.54, 1.807) is 24.4 Å². The third-order valence-electron chi connectivity index (χ3n) is 5.73. The Kier molecular flexibility index (Phi) is 7.14. The highest BCUT2D eigenvalue weighted by Crippen LogP contribution is 2.35. The number of benzene rings is 2. The van der Waals surface area contributed by atoms with E-state index in [9.17, 15) is 9.59 Å². The van der Waals surface area contributed by atoms with Gasteiger partial charge < -0.3 is 9.84 Å². The van der Waals surface area contributed by atoms with E-state index in [2.05, 4.69) is 21.0 Å². The van der Waals surface area contributed by atoms with Crippen molar-refractivity contribution in [3.8, 4) is 5.75 Å². The number of nitrogens with zero attached hydrogens (tertiary/aromatic N) is 3. The molecular weight excluding hydrogens is 510 g/mol. The standard InChI is InChI=1S/C24H23BrClN3O4/c1-14(24(31)32)33-21-18(25)11-15(12-19(21)26)13-27-29-22(16-7-3-2-4-8-16)28-20-10-6-5-9-17(20)23(29)30/h5-6,9-14,16H,2-4,7-8H2,1H3,(H,31,32)/t14-/m1/s1. The van der Waals surface area contributed by atoms with Crippen molar-refractivity contribution in [1.29, 1.82) is 0 Å². The predicted octanol–water partition coefficient (Wildman–Crippen LogP) is 5.59. The third-order valence-corrected chi connectivity index (χ3v) is 6.60. The average molecular weight is 533 g/mol. The van der Waals surface area contributed by atoms with Crippen molar-refractivity contribution in [2.45, 2.75) is 51.0 Å². The highest BCUT2D eigenvalue weighted by molar-refractivity contribution is 9.10. The van der Waals surface area contributed by atoms with Gasteiger partial charge >= 0.3 is 5.97 Å². The summed E-state index contributed by atoms with van der Waals surface area (Å²) in [7, 11) is 0. The first kappa shape index (κ1) is 23.4. The number of fused-ring (bicyclic) bond motifs is 1. The summed E-state index contributed by atoms with van der Waals surface area (Å²) in [4.78, 5) is 29.2. The Morgan fingerprint density at radius 1 is 1.30 bits per heavy atom. The summed E-state index contributed by atoms with van der Waals surface area (Å²) >= 11 is 9.72. The van der Waals surface area contributed by atoms with Crippen LogP contribution in [0.15, 0.2) is 50.8 Å². The van der Waals surface area contributed by atoms with Crippen LogP contribution in [0.3, 0.4) is 0 Å². The van der Waals surface area contributed by atoms with Crippen LogP contribution in [-0.2, 0) is 4.79 Å². The van der Waals surface area contributed by atoms with E-state index in [-0.39, 0.29) is 22.2 Å². The molecule has 33 heavy (non-hydrogen) atoms. The Balaban J connectivity index is 1.74. The van der Waals surface area contributed by atoms with Crippen molar-refractivity contribution in [2.75, 3.05) is 0 Å². The number of aromatic nitrogens is 2. The maximum atomic E-state index is 13.3. The molecule has 172 valence electrons. The monoisotopic (exact) mass is 531 g/mol. The number of rotatable bonds is 6. The normalized spacial score (nSPS) is 15.7. The molecule has 1 fully saturated rings. The van der Waals surface area contributed by atoms with E-state index in [1.807, 2.05) is 18.2 Å². The van der Waals surface area contributed by atoms with Crippen LogP contribution in [0.1, 0.15) is 56.3 Å². The molecule has 9 heteroatoms. The minimum Gasteiger partial charge on any atom is -0.479 e. The second-order valence-corrected chi connectivity index (χ2v) is 9.36. The molecule has 4 rings (SSSR count). The van der Waals surface area contributed by atoms with Crippen molar-refractivity contribution in [2.24, 2.45) is 5.10 Å². The van der Waals surface area contributed by atoms with Crippen molar-refractivity contribution >= 4 is 50.6 Å². The van der Waals surface area contributed by atoms with E-state index in [0.29, 0.717) is 26.8 Å². The van der Waals surface area contributed by atoms with Crippen molar-refractivity contribution in [3.63, 3.8) is 0 Å². The Morgan fingerprint density at radius 3 is 2.73 bits per heavy atom. The van der Waals surface area contributed by atoms with Crippen LogP contribution < -0.4 is 10.3 Å². The molecule has 2 aromatic carbocycles. The fourth-order valence-electron chi connectivity index (χ4n) is 4.00. The van der Waals surface area contributed by atoms with Crippen molar-refractivity contribution < 1.29 is 14.6 Å². The smallest absolute Gasteiger partial charge is 0.344 e. The first-order valence-electron chi connectivity index (χ1n) is 10.8. The van der Waals surface area contributed by atoms with E-state index in [0.717, 1.165) is 25.7 Å². The zero-order valence-corrected chi connectivity index (χ0v) is 20.3. The van der Waals surface area contributed by atoms with Crippen LogP contribution in [0.2, 0.25) is 5.02 Å². The molecule has 1 aliphatic carbocycles. The SMILES string of the molecule is C[C@@H](Oc1c(Cl)cc(C=Nn2c(C3CCCCC3)nc3ccccc3c2=O)cc1Br)C(=O)O. The lowest BCUT2D eigenvalue weighted by Gasteiger charge is -2.22. The number of carbonyl (C=O) groups is 1. The average Bonchev–Trinajstić information content (AvgIpc) is 2.81. The fourth-order valence-corrected chi connectivity index (χ4v) is 4.95. The number of carboxylic acid groups (broad SMARTS) is 1. The van der Waals surface area contributed by atoms with Gasteiger partial charge in [-0.3, -0.25) is 4.79 Å². The molecule has 0 unspecified atom stereocenters. The molecule has 1 N–H and O–H groups in total. The summed E-state index contributed by atoms with van der Waals surface area (Å²) in [6.45, 7) is 1.42. The van der Waals surface area contributed by atoms with Gasteiger partial charge in [0.1, 0.15) is 5.82 Å². The lowest BCUT2D eigenvalue weighted by Crippen LogP contribution is -2.25. The van der Waals surface area contributed by atoms with Gasteiger partial charge in [0.15, 0.2) is 11.9 Å². The highest BCUT2D eigenvalue weighted by Gasteiger charge is 2.22. The van der Waals surface area contributed by atoms with Crippen LogP contribution in [-0.4, -0.2) is 33.1 Å². The van der Waals surface area contributed by atoms with Gasteiger partial charge in [-0.15, -0.1) is 0 Å². The van der Waals surface area contributed by atoms with E-state index in [1.165, 1.54) is 18.0 Å². The molecule has 0 amide bonds. The van der Waals surface area contributed by atoms with Crippen LogP contribution in [0.5, 0.6) is 5.75 Å². The number of aliphatic carboxylic acids is 1. The van der Waals surface area contributed by atoms with Gasteiger partial charge in [-0.25, -0.2) is 9.78 Å². The Hall–Kier alpha value is -2.71. The molecule has 0 bridgehead atoms. The van der Waals surface area contributed by atoms with Gasteiger partial charge in [0.05, 0.1) is 26.6 Å². The Labute approximate surface area is 204 Å². The molecule has 1 aromatic heterocycles. The first-order valence-corrected chi connectivity index (χ1v) is 12.0. The summed E-state index contributed by atoms with van der Waals surface area (Å²) in [5.74, 6) is -0.00922. The topological polar surface area (TPSA) is 93.8 Å². The largest absolute Gasteiger partial charge is 0.479 e. The zero-order valence-electron chi connectivity index (χ0n) is 18.0. The lowest BCUT2D eigenvalue weighted by atomic mass is 9.88. The summed E-state index contributed by atoms with van der Waals surface area (Å²) in [5, 5.41) is 14.3. The summed E-state index contributed by atoms with van der Waals surface area (Å²) in [5.41, 5.74) is 1.09. The van der Waals surface area contributed by atoms with E-state index >= 15 is 0 Å². The number of carboxylic acids is 1. The highest BCUT2D eigenvalue weighted by atomic mass is 79.9. The molecule has 0 radical (unpaired) electrons. The number of hydrogen-bond donors (Lipinski definition) is 1. The quantitative estimate of drug-likeness (QED) is 0.417. The van der Waals surface area contributed by atoms with Gasteiger partial charge in [0.2, 0.25) is 0 Å². The molecule has 0 aliphatic heterocycles. The van der Waals surface area contributed by atoms with E-state index in [4.69, 9.17) is 26.4 Å². The van der Waals surface area contributed by atoms with Gasteiger partial charge in [-0.05, 0) is 65.5 Å². The second-order valence-electron chi connectivity index (χ2n) is 8.10. The fraction of sp³-hybridized carbons (Fsp3) is 0.333. The minimum atomic E-state index is -1.10. The first-order chi connectivity index (χ1) is 15.8. The Bertz CT molecular complexity index is 1260. The molecule has 1 saturated carbocycles. The van der Waals surface area contributed by atoms with Crippen LogP contribution in [0.4, 0.5) is 0 Å². The summed E-state index contributed by atoms with van der Waals surface area (Å²) in [6.07, 6.45) is 5.85. The number of hydrogen-bond acceptors (Lipinski definition) is 5. The molecule has 1 heterocycles. The summed E-state index contributed by atoms with van der Waals surface area (Å²) < 4.78 is 7.32. The molecule has 1 aliphatic rings. The minimum absolute atomic E-state index is 0.178. The molecule has 0 saturated heterocycles. The van der Waals surface area contributed by atoms with Crippen LogP contribution >= 0.6 is 27.5 Å². The molecule has 0 spiro atoms. The third kappa shape index (κ3) is 5.12. The zero-order chi connectivity index (χ0) is 23.5. The van der Waals surface area contributed by atoms with Gasteiger partial charge in [0, 0.05) is 5.92 Å². The predicted molar refractivity (Wildman–Crippen MR) is 132 cm³/mol. The molecule has 3 aromatic rings. The van der Waals surface area contributed by atoms with Crippen LogP contribution in [0, 0.1) is 0 Å². The number of ether oxygens (including phenoxy) is 1. The van der Waals surface area contributed by atoms with Gasteiger partial charge in [-0.1, -0.05) is 43.0 Å². The summed E-state index contributed by atoms with van der Waals surface area (Å²) in [6, 6.07) is 10.6. The molecular formula is C24H23BrClN3O4. The Morgan fingerprint density at radius 2 is 2.03 bits per heavy atom. The van der Waals surface area contributed by atoms with Crippen molar-refractivity contribution in [3.05, 3.63) is 67.6 Å². The van der Waals surface area contributed by atoms with Crippen molar-refractivity contribution in [1.82, 2.24) is 9.66 Å². The molecule has 1 atom stereocenters. The maximum absolute atomic E-state index is 13.3. The molecule has 7 nitrogen and oxygen atoms in total. The number of para-hydroxylation sites is 1. The maximum Gasteiger partial charge on any atom is 0.344 e. The lowest BCUT2D eigenvalue weighted by molar-refractivity contribution is -0.144.